The molecule has 4 aromatic rings. The van der Waals surface area contributed by atoms with Crippen molar-refractivity contribution < 1.29 is 9.53 Å². The fourth-order valence-corrected chi connectivity index (χ4v) is 3.39. The van der Waals surface area contributed by atoms with E-state index in [1.807, 2.05) is 43.3 Å². The number of hydrogen-bond donors (Lipinski definition) is 1. The SMILES string of the molecule is COc1nc(-c2ccc(Cl)c(Cl)c2)n(-c2ccc(NC(=O)c3ccccc3C)cc2)n1. The predicted molar refractivity (Wildman–Crippen MR) is 122 cm³/mol. The van der Waals surface area contributed by atoms with E-state index in [0.717, 1.165) is 16.8 Å². The van der Waals surface area contributed by atoms with Gasteiger partial charge in [-0.2, -0.15) is 4.98 Å². The monoisotopic (exact) mass is 452 g/mol. The molecule has 1 heterocycles. The molecule has 31 heavy (non-hydrogen) atoms. The standard InChI is InChI=1S/C23H18Cl2N4O2/c1-14-5-3-4-6-18(14)22(30)26-16-8-10-17(11-9-16)29-21(27-23(28-29)31-2)15-7-12-19(24)20(25)13-15/h3-13H,1-2H3,(H,26,30). The van der Waals surface area contributed by atoms with Gasteiger partial charge in [-0.05, 0) is 61.0 Å². The lowest BCUT2D eigenvalue weighted by Gasteiger charge is -2.10. The number of carbonyl (C=O) groups is 1. The summed E-state index contributed by atoms with van der Waals surface area (Å²) in [5.74, 6) is 0.386. The highest BCUT2D eigenvalue weighted by molar-refractivity contribution is 6.42. The molecule has 0 fully saturated rings. The summed E-state index contributed by atoms with van der Waals surface area (Å²) >= 11 is 12.2. The minimum absolute atomic E-state index is 0.162. The van der Waals surface area contributed by atoms with Crippen LogP contribution in [-0.4, -0.2) is 27.8 Å². The Labute approximate surface area is 189 Å². The molecule has 0 atom stereocenters. The second-order valence-electron chi connectivity index (χ2n) is 6.78. The van der Waals surface area contributed by atoms with Crippen LogP contribution in [0.25, 0.3) is 17.1 Å². The van der Waals surface area contributed by atoms with Crippen LogP contribution in [0.5, 0.6) is 6.01 Å². The Kier molecular flexibility index (Phi) is 5.93. The van der Waals surface area contributed by atoms with Crippen LogP contribution in [0.15, 0.2) is 66.7 Å². The summed E-state index contributed by atoms with van der Waals surface area (Å²) in [6.45, 7) is 1.90. The summed E-state index contributed by atoms with van der Waals surface area (Å²) in [6.07, 6.45) is 0. The number of halogens is 2. The Hall–Kier alpha value is -3.35. The van der Waals surface area contributed by atoms with Crippen molar-refractivity contribution in [1.82, 2.24) is 14.8 Å². The van der Waals surface area contributed by atoms with E-state index in [2.05, 4.69) is 15.4 Å². The van der Waals surface area contributed by atoms with E-state index in [1.165, 1.54) is 7.11 Å². The molecule has 1 aromatic heterocycles. The minimum Gasteiger partial charge on any atom is -0.466 e. The first-order valence-corrected chi connectivity index (χ1v) is 10.2. The third-order valence-corrected chi connectivity index (χ3v) is 5.45. The maximum Gasteiger partial charge on any atom is 0.336 e. The zero-order valence-electron chi connectivity index (χ0n) is 16.8. The predicted octanol–water partition coefficient (Wildman–Crippen LogP) is 5.81. The van der Waals surface area contributed by atoms with Crippen molar-refractivity contribution in [2.45, 2.75) is 6.92 Å². The number of methoxy groups -OCH3 is 1. The molecule has 6 nitrogen and oxygen atoms in total. The topological polar surface area (TPSA) is 69.0 Å². The van der Waals surface area contributed by atoms with Crippen molar-refractivity contribution in [2.24, 2.45) is 0 Å². The Morgan fingerprint density at radius 1 is 1.00 bits per heavy atom. The molecule has 0 spiro atoms. The molecule has 0 saturated carbocycles. The summed E-state index contributed by atoms with van der Waals surface area (Å²) in [7, 11) is 1.50. The lowest BCUT2D eigenvalue weighted by atomic mass is 10.1. The smallest absolute Gasteiger partial charge is 0.336 e. The van der Waals surface area contributed by atoms with Gasteiger partial charge in [0.1, 0.15) is 0 Å². The number of hydrogen-bond acceptors (Lipinski definition) is 4. The first-order chi connectivity index (χ1) is 15.0. The summed E-state index contributed by atoms with van der Waals surface area (Å²) in [5, 5.41) is 8.18. The number of aryl methyl sites for hydroxylation is 1. The summed E-state index contributed by atoms with van der Waals surface area (Å²) in [4.78, 5) is 17.0. The largest absolute Gasteiger partial charge is 0.466 e. The third-order valence-electron chi connectivity index (χ3n) is 4.71. The number of rotatable bonds is 5. The number of nitrogens with one attached hydrogen (secondary N) is 1. The van der Waals surface area contributed by atoms with Crippen molar-refractivity contribution >= 4 is 34.8 Å². The number of aromatic nitrogens is 3. The van der Waals surface area contributed by atoms with Crippen LogP contribution < -0.4 is 10.1 Å². The Bertz CT molecular complexity index is 1250. The van der Waals surface area contributed by atoms with Gasteiger partial charge in [0.05, 0.1) is 22.8 Å². The van der Waals surface area contributed by atoms with Crippen molar-refractivity contribution in [2.75, 3.05) is 12.4 Å². The first kappa shape index (κ1) is 20.9. The molecular weight excluding hydrogens is 435 g/mol. The van der Waals surface area contributed by atoms with Crippen molar-refractivity contribution in [1.29, 1.82) is 0 Å². The quantitative estimate of drug-likeness (QED) is 0.414. The first-order valence-electron chi connectivity index (χ1n) is 9.40. The average Bonchev–Trinajstić information content (AvgIpc) is 3.21. The molecular formula is C23H18Cl2N4O2. The van der Waals surface area contributed by atoms with E-state index >= 15 is 0 Å². The van der Waals surface area contributed by atoms with Gasteiger partial charge in [-0.15, -0.1) is 5.10 Å². The number of ether oxygens (including phenoxy) is 1. The maximum atomic E-state index is 12.6. The van der Waals surface area contributed by atoms with Gasteiger partial charge in [0.25, 0.3) is 5.91 Å². The zero-order chi connectivity index (χ0) is 22.0. The molecule has 0 saturated heterocycles. The number of amides is 1. The number of benzene rings is 3. The molecule has 0 bridgehead atoms. The fourth-order valence-electron chi connectivity index (χ4n) is 3.09. The number of nitrogens with zero attached hydrogens (tertiary/aromatic N) is 3. The van der Waals surface area contributed by atoms with Crippen LogP contribution in [0.2, 0.25) is 10.0 Å². The van der Waals surface area contributed by atoms with Gasteiger partial charge >= 0.3 is 6.01 Å². The second kappa shape index (κ2) is 8.79. The van der Waals surface area contributed by atoms with E-state index in [9.17, 15) is 4.79 Å². The van der Waals surface area contributed by atoms with Gasteiger partial charge < -0.3 is 10.1 Å². The highest BCUT2D eigenvalue weighted by atomic mass is 35.5. The molecule has 0 aliphatic carbocycles. The Balaban J connectivity index is 1.63. The lowest BCUT2D eigenvalue weighted by molar-refractivity contribution is 0.102. The molecule has 3 aromatic carbocycles. The average molecular weight is 453 g/mol. The normalized spacial score (nSPS) is 10.7. The number of anilines is 1. The van der Waals surface area contributed by atoms with Crippen LogP contribution >= 0.6 is 23.2 Å². The van der Waals surface area contributed by atoms with E-state index in [4.69, 9.17) is 27.9 Å². The van der Waals surface area contributed by atoms with Crippen molar-refractivity contribution in [3.8, 4) is 23.1 Å². The van der Waals surface area contributed by atoms with E-state index in [1.54, 1.807) is 35.0 Å². The molecule has 1 N–H and O–H groups in total. The molecule has 0 aliphatic rings. The van der Waals surface area contributed by atoms with Gasteiger partial charge in [-0.3, -0.25) is 4.79 Å². The highest BCUT2D eigenvalue weighted by Crippen LogP contribution is 2.30. The minimum atomic E-state index is -0.162. The molecule has 0 unspecified atom stereocenters. The van der Waals surface area contributed by atoms with Crippen molar-refractivity contribution in [3.05, 3.63) is 87.9 Å². The second-order valence-corrected chi connectivity index (χ2v) is 7.59. The van der Waals surface area contributed by atoms with Crippen LogP contribution in [0.4, 0.5) is 5.69 Å². The fraction of sp³-hybridized carbons (Fsp3) is 0.0870. The lowest BCUT2D eigenvalue weighted by Crippen LogP contribution is -2.13. The van der Waals surface area contributed by atoms with Gasteiger partial charge in [-0.25, -0.2) is 4.68 Å². The van der Waals surface area contributed by atoms with Crippen LogP contribution in [-0.2, 0) is 0 Å². The molecule has 8 heteroatoms. The van der Waals surface area contributed by atoms with Gasteiger partial charge in [0, 0.05) is 16.8 Å². The third kappa shape index (κ3) is 4.40. The summed E-state index contributed by atoms with van der Waals surface area (Å²) in [5.41, 5.74) is 3.69. The summed E-state index contributed by atoms with van der Waals surface area (Å²) < 4.78 is 6.85. The zero-order valence-corrected chi connectivity index (χ0v) is 18.3. The highest BCUT2D eigenvalue weighted by Gasteiger charge is 2.16. The van der Waals surface area contributed by atoms with Crippen LogP contribution in [0.1, 0.15) is 15.9 Å². The maximum absolute atomic E-state index is 12.6. The summed E-state index contributed by atoms with van der Waals surface area (Å²) in [6, 6.07) is 20.2. The molecule has 0 aliphatic heterocycles. The van der Waals surface area contributed by atoms with E-state index < -0.39 is 0 Å². The molecule has 1 amide bonds. The van der Waals surface area contributed by atoms with Gasteiger partial charge in [0.15, 0.2) is 5.82 Å². The van der Waals surface area contributed by atoms with Gasteiger partial charge in [-0.1, -0.05) is 41.4 Å². The van der Waals surface area contributed by atoms with Crippen LogP contribution in [0, 0.1) is 6.92 Å². The van der Waals surface area contributed by atoms with E-state index in [0.29, 0.717) is 27.1 Å². The molecule has 156 valence electrons. The molecule has 4 rings (SSSR count). The van der Waals surface area contributed by atoms with Crippen LogP contribution in [0.3, 0.4) is 0 Å². The Morgan fingerprint density at radius 2 is 1.74 bits per heavy atom. The Morgan fingerprint density at radius 3 is 2.42 bits per heavy atom. The van der Waals surface area contributed by atoms with Gasteiger partial charge in [0.2, 0.25) is 0 Å². The molecule has 0 radical (unpaired) electrons. The number of carbonyl (C=O) groups excluding carboxylic acids is 1. The van der Waals surface area contributed by atoms with E-state index in [-0.39, 0.29) is 11.9 Å². The van der Waals surface area contributed by atoms with Crippen molar-refractivity contribution in [3.63, 3.8) is 0 Å².